The van der Waals surface area contributed by atoms with Crippen molar-refractivity contribution in [1.29, 1.82) is 5.26 Å². The Hall–Kier alpha value is -3.98. The summed E-state index contributed by atoms with van der Waals surface area (Å²) in [5, 5.41) is 13.9. The molecule has 3 aromatic carbocycles. The molecule has 1 saturated carbocycles. The predicted octanol–water partition coefficient (Wildman–Crippen LogP) is 9.34. The molecule has 1 aliphatic heterocycles. The first-order valence-electron chi connectivity index (χ1n) is 14.2. The van der Waals surface area contributed by atoms with Gasteiger partial charge in [-0.15, -0.1) is 0 Å². The Bertz CT molecular complexity index is 1620. The van der Waals surface area contributed by atoms with Crippen LogP contribution in [0.1, 0.15) is 67.0 Å². The van der Waals surface area contributed by atoms with Gasteiger partial charge in [0.2, 0.25) is 0 Å². The molecule has 4 aromatic rings. The van der Waals surface area contributed by atoms with Gasteiger partial charge in [-0.25, -0.2) is 9.07 Å². The maximum absolute atomic E-state index is 14.1. The second-order valence-electron chi connectivity index (χ2n) is 10.7. The Balaban J connectivity index is 1.44. The van der Waals surface area contributed by atoms with Crippen LogP contribution >= 0.6 is 11.6 Å². The number of nitriles is 1. The topological polar surface area (TPSA) is 50.8 Å². The molecule has 4 nitrogen and oxygen atoms in total. The molecule has 1 saturated heterocycles. The average Bonchev–Trinajstić information content (AvgIpc) is 3.47. The molecule has 2 aliphatic rings. The lowest BCUT2D eigenvalue weighted by molar-refractivity contribution is -0.0394. The van der Waals surface area contributed by atoms with Crippen LogP contribution in [0, 0.1) is 23.1 Å². The van der Waals surface area contributed by atoms with Crippen LogP contribution in [0.25, 0.3) is 28.3 Å². The zero-order valence-corrected chi connectivity index (χ0v) is 23.5. The SMILES string of the molecule is N#C/C=C/c1ccc(/C(=C(\c2ccc(F)cc2Cl)C2CCC2)c2ccc(-c3cnn(C4CCCCO4)c3)cc2)cc1. The molecule has 2 fully saturated rings. The van der Waals surface area contributed by atoms with Crippen molar-refractivity contribution < 1.29 is 9.13 Å². The third-order valence-electron chi connectivity index (χ3n) is 8.11. The van der Waals surface area contributed by atoms with Crippen LogP contribution in [-0.4, -0.2) is 16.4 Å². The van der Waals surface area contributed by atoms with Gasteiger partial charge < -0.3 is 4.74 Å². The molecule has 41 heavy (non-hydrogen) atoms. The molecule has 206 valence electrons. The number of hydrogen-bond acceptors (Lipinski definition) is 3. The lowest BCUT2D eigenvalue weighted by Gasteiger charge is -2.32. The summed E-state index contributed by atoms with van der Waals surface area (Å²) in [6.07, 6.45) is 13.8. The number of aromatic nitrogens is 2. The van der Waals surface area contributed by atoms with Crippen molar-refractivity contribution in [1.82, 2.24) is 9.78 Å². The van der Waals surface area contributed by atoms with Gasteiger partial charge in [0.25, 0.3) is 0 Å². The van der Waals surface area contributed by atoms with Gasteiger partial charge in [0.05, 0.1) is 17.3 Å². The number of halogens is 2. The Morgan fingerprint density at radius 3 is 2.34 bits per heavy atom. The summed E-state index contributed by atoms with van der Waals surface area (Å²) in [5.74, 6) is -0.00931. The van der Waals surface area contributed by atoms with Gasteiger partial charge >= 0.3 is 0 Å². The molecular weight excluding hydrogens is 533 g/mol. The first kappa shape index (κ1) is 27.2. The van der Waals surface area contributed by atoms with Crippen LogP contribution in [0.2, 0.25) is 5.02 Å². The predicted molar refractivity (Wildman–Crippen MR) is 162 cm³/mol. The summed E-state index contributed by atoms with van der Waals surface area (Å²) in [6, 6.07) is 23.5. The van der Waals surface area contributed by atoms with Crippen LogP contribution < -0.4 is 0 Å². The van der Waals surface area contributed by atoms with E-state index in [4.69, 9.17) is 21.6 Å². The summed E-state index contributed by atoms with van der Waals surface area (Å²) < 4.78 is 21.9. The van der Waals surface area contributed by atoms with Crippen LogP contribution in [0.3, 0.4) is 0 Å². The van der Waals surface area contributed by atoms with Crippen molar-refractivity contribution in [2.24, 2.45) is 5.92 Å². The zero-order valence-electron chi connectivity index (χ0n) is 22.8. The molecule has 1 unspecified atom stereocenters. The van der Waals surface area contributed by atoms with E-state index in [0.717, 1.165) is 89.7 Å². The Morgan fingerprint density at radius 1 is 0.951 bits per heavy atom. The van der Waals surface area contributed by atoms with Crippen LogP contribution in [0.15, 0.2) is 85.2 Å². The van der Waals surface area contributed by atoms with Crippen LogP contribution in [-0.2, 0) is 4.74 Å². The standard InChI is InChI=1S/C35H31ClFN3O/c36-32-21-30(37)17-18-31(32)35(26-6-3-7-26)34(27-11-9-24(10-12-27)5-4-19-38)28-15-13-25(14-16-28)29-22-39-40(23-29)33-8-1-2-20-41-33/h4-5,9-18,21-23,26,33H,1-3,6-8,20H2/b5-4+,35-34+. The molecule has 0 bridgehead atoms. The zero-order chi connectivity index (χ0) is 28.2. The molecule has 1 atom stereocenters. The van der Waals surface area contributed by atoms with Crippen molar-refractivity contribution in [3.8, 4) is 17.2 Å². The molecule has 1 aromatic heterocycles. The van der Waals surface area contributed by atoms with E-state index >= 15 is 0 Å². The van der Waals surface area contributed by atoms with Crippen molar-refractivity contribution in [2.75, 3.05) is 6.61 Å². The van der Waals surface area contributed by atoms with Gasteiger partial charge in [-0.2, -0.15) is 10.4 Å². The number of rotatable bonds is 7. The van der Waals surface area contributed by atoms with Gasteiger partial charge in [-0.1, -0.05) is 72.6 Å². The maximum Gasteiger partial charge on any atom is 0.150 e. The monoisotopic (exact) mass is 563 g/mol. The van der Waals surface area contributed by atoms with E-state index in [0.29, 0.717) is 10.9 Å². The summed E-state index contributed by atoms with van der Waals surface area (Å²) in [6.45, 7) is 0.778. The minimum absolute atomic E-state index is 0.00257. The summed E-state index contributed by atoms with van der Waals surface area (Å²) in [5.41, 5.74) is 8.32. The number of nitrogens with zero attached hydrogens (tertiary/aromatic N) is 3. The molecule has 6 rings (SSSR count). The van der Waals surface area contributed by atoms with Crippen LogP contribution in [0.4, 0.5) is 4.39 Å². The molecular formula is C35H31ClFN3O. The third-order valence-corrected chi connectivity index (χ3v) is 8.43. The van der Waals surface area contributed by atoms with E-state index in [1.807, 2.05) is 29.1 Å². The fourth-order valence-corrected chi connectivity index (χ4v) is 6.01. The number of ether oxygens (including phenoxy) is 1. The molecule has 6 heteroatoms. The highest BCUT2D eigenvalue weighted by molar-refractivity contribution is 6.32. The molecule has 2 heterocycles. The van der Waals surface area contributed by atoms with Gasteiger partial charge in [-0.05, 0) is 95.2 Å². The smallest absolute Gasteiger partial charge is 0.150 e. The van der Waals surface area contributed by atoms with Crippen LogP contribution in [0.5, 0.6) is 0 Å². The molecule has 0 amide bonds. The largest absolute Gasteiger partial charge is 0.357 e. The highest BCUT2D eigenvalue weighted by atomic mass is 35.5. The third kappa shape index (κ3) is 5.91. The number of hydrogen-bond donors (Lipinski definition) is 0. The molecule has 0 N–H and O–H groups in total. The first-order valence-corrected chi connectivity index (χ1v) is 14.6. The maximum atomic E-state index is 14.1. The van der Waals surface area contributed by atoms with E-state index in [2.05, 4.69) is 53.8 Å². The van der Waals surface area contributed by atoms with Crippen molar-refractivity contribution in [2.45, 2.75) is 44.8 Å². The second-order valence-corrected chi connectivity index (χ2v) is 11.1. The molecule has 0 radical (unpaired) electrons. The lowest BCUT2D eigenvalue weighted by atomic mass is 9.73. The van der Waals surface area contributed by atoms with Crippen molar-refractivity contribution in [3.05, 3.63) is 118 Å². The first-order chi connectivity index (χ1) is 20.1. The quantitative estimate of drug-likeness (QED) is 0.166. The van der Waals surface area contributed by atoms with Crippen molar-refractivity contribution >= 4 is 28.8 Å². The van der Waals surface area contributed by atoms with E-state index in [1.54, 1.807) is 6.08 Å². The van der Waals surface area contributed by atoms with Crippen molar-refractivity contribution in [3.63, 3.8) is 0 Å². The lowest BCUT2D eigenvalue weighted by Crippen LogP contribution is -2.18. The van der Waals surface area contributed by atoms with E-state index in [9.17, 15) is 4.39 Å². The molecule has 0 spiro atoms. The van der Waals surface area contributed by atoms with Gasteiger partial charge in [-0.3, -0.25) is 0 Å². The fraction of sp³-hybridized carbons (Fsp3) is 0.257. The number of benzene rings is 3. The number of allylic oxidation sites excluding steroid dienone is 2. The van der Waals surface area contributed by atoms with E-state index in [1.165, 1.54) is 18.2 Å². The minimum Gasteiger partial charge on any atom is -0.357 e. The summed E-state index contributed by atoms with van der Waals surface area (Å²) in [7, 11) is 0. The fourth-order valence-electron chi connectivity index (χ4n) is 5.74. The second kappa shape index (κ2) is 12.3. The van der Waals surface area contributed by atoms with E-state index in [-0.39, 0.29) is 12.0 Å². The minimum atomic E-state index is -0.342. The van der Waals surface area contributed by atoms with Gasteiger partial charge in [0.1, 0.15) is 12.0 Å². The Labute approximate surface area is 245 Å². The van der Waals surface area contributed by atoms with Gasteiger partial charge in [0, 0.05) is 24.4 Å². The highest BCUT2D eigenvalue weighted by Gasteiger charge is 2.28. The Kier molecular flexibility index (Phi) is 8.14. The summed E-state index contributed by atoms with van der Waals surface area (Å²) >= 11 is 6.69. The average molecular weight is 564 g/mol. The molecule has 1 aliphatic carbocycles. The summed E-state index contributed by atoms with van der Waals surface area (Å²) in [4.78, 5) is 0. The van der Waals surface area contributed by atoms with E-state index < -0.39 is 0 Å². The Morgan fingerprint density at radius 2 is 1.71 bits per heavy atom. The van der Waals surface area contributed by atoms with Gasteiger partial charge in [0.15, 0.2) is 0 Å². The highest BCUT2D eigenvalue weighted by Crippen LogP contribution is 2.47. The normalized spacial score (nSPS) is 18.1.